The van der Waals surface area contributed by atoms with Crippen LogP contribution in [-0.4, -0.2) is 49.0 Å². The first kappa shape index (κ1) is 14.0. The third kappa shape index (κ3) is 3.12. The standard InChI is InChI=1S/C12H21N5O2/c1-16-11-7-9(8-14-4-6-19-2)15-17(11)5-3-10(13)12(16)18/h7,10,14H,3-6,8,13H2,1-2H3. The van der Waals surface area contributed by atoms with Gasteiger partial charge in [-0.25, -0.2) is 4.68 Å². The Bertz CT molecular complexity index is 445. The molecule has 2 rings (SSSR count). The number of likely N-dealkylation sites (N-methyl/N-ethyl adjacent to an activating group) is 1. The number of anilines is 1. The smallest absolute Gasteiger partial charge is 0.244 e. The van der Waals surface area contributed by atoms with E-state index in [9.17, 15) is 4.79 Å². The van der Waals surface area contributed by atoms with E-state index >= 15 is 0 Å². The van der Waals surface area contributed by atoms with Gasteiger partial charge in [0.1, 0.15) is 5.82 Å². The third-order valence-electron chi connectivity index (χ3n) is 3.24. The number of ether oxygens (including phenoxy) is 1. The maximum absolute atomic E-state index is 11.9. The Morgan fingerprint density at radius 3 is 3.16 bits per heavy atom. The minimum Gasteiger partial charge on any atom is -0.383 e. The number of carbonyl (C=O) groups excluding carboxylic acids is 1. The van der Waals surface area contributed by atoms with Crippen molar-refractivity contribution in [1.29, 1.82) is 0 Å². The minimum absolute atomic E-state index is 0.0578. The van der Waals surface area contributed by atoms with Crippen LogP contribution in [0.3, 0.4) is 0 Å². The lowest BCUT2D eigenvalue weighted by Gasteiger charge is -2.16. The highest BCUT2D eigenvalue weighted by molar-refractivity contribution is 5.96. The highest BCUT2D eigenvalue weighted by atomic mass is 16.5. The van der Waals surface area contributed by atoms with Gasteiger partial charge in [-0.05, 0) is 6.42 Å². The normalized spacial score (nSPS) is 19.4. The van der Waals surface area contributed by atoms with E-state index < -0.39 is 6.04 Å². The van der Waals surface area contributed by atoms with Crippen LogP contribution >= 0.6 is 0 Å². The zero-order chi connectivity index (χ0) is 13.8. The number of fused-ring (bicyclic) bond motifs is 1. The number of aromatic nitrogens is 2. The van der Waals surface area contributed by atoms with Crippen LogP contribution < -0.4 is 16.0 Å². The number of amides is 1. The van der Waals surface area contributed by atoms with Crippen molar-refractivity contribution in [1.82, 2.24) is 15.1 Å². The summed E-state index contributed by atoms with van der Waals surface area (Å²) in [6, 6.07) is 1.49. The Kier molecular flexibility index (Phi) is 4.52. The predicted octanol–water partition coefficient (Wildman–Crippen LogP) is -0.687. The second-order valence-electron chi connectivity index (χ2n) is 4.68. The van der Waals surface area contributed by atoms with E-state index in [2.05, 4.69) is 10.4 Å². The van der Waals surface area contributed by atoms with Gasteiger partial charge in [0.15, 0.2) is 0 Å². The van der Waals surface area contributed by atoms with Crippen molar-refractivity contribution in [3.63, 3.8) is 0 Å². The molecule has 7 nitrogen and oxygen atoms in total. The molecule has 0 saturated carbocycles. The summed E-state index contributed by atoms with van der Waals surface area (Å²) in [6.07, 6.45) is 0.619. The molecule has 1 aliphatic heterocycles. The number of carbonyl (C=O) groups is 1. The number of rotatable bonds is 5. The average molecular weight is 267 g/mol. The van der Waals surface area contributed by atoms with Crippen molar-refractivity contribution in [2.24, 2.45) is 5.73 Å². The summed E-state index contributed by atoms with van der Waals surface area (Å²) in [5.41, 5.74) is 6.72. The van der Waals surface area contributed by atoms with Gasteiger partial charge < -0.3 is 15.8 Å². The van der Waals surface area contributed by atoms with Crippen LogP contribution in [0.5, 0.6) is 0 Å². The molecule has 0 saturated heterocycles. The Hall–Kier alpha value is -1.44. The Morgan fingerprint density at radius 1 is 1.63 bits per heavy atom. The van der Waals surface area contributed by atoms with Crippen LogP contribution in [0.2, 0.25) is 0 Å². The molecule has 0 fully saturated rings. The van der Waals surface area contributed by atoms with Crippen LogP contribution in [-0.2, 0) is 22.6 Å². The van der Waals surface area contributed by atoms with Gasteiger partial charge in [0.05, 0.1) is 18.3 Å². The fourth-order valence-corrected chi connectivity index (χ4v) is 2.12. The molecule has 0 radical (unpaired) electrons. The average Bonchev–Trinajstić information content (AvgIpc) is 2.78. The molecule has 0 spiro atoms. The van der Waals surface area contributed by atoms with E-state index in [-0.39, 0.29) is 5.91 Å². The number of nitrogens with zero attached hydrogens (tertiary/aromatic N) is 3. The molecule has 0 aromatic carbocycles. The monoisotopic (exact) mass is 267 g/mol. The molecule has 1 atom stereocenters. The zero-order valence-corrected chi connectivity index (χ0v) is 11.4. The van der Waals surface area contributed by atoms with Crippen molar-refractivity contribution >= 4 is 11.7 Å². The zero-order valence-electron chi connectivity index (χ0n) is 11.4. The summed E-state index contributed by atoms with van der Waals surface area (Å²) in [4.78, 5) is 13.5. The summed E-state index contributed by atoms with van der Waals surface area (Å²) in [5, 5.41) is 7.72. The van der Waals surface area contributed by atoms with E-state index in [1.165, 1.54) is 0 Å². The van der Waals surface area contributed by atoms with E-state index in [0.29, 0.717) is 26.1 Å². The van der Waals surface area contributed by atoms with Gasteiger partial charge in [-0.1, -0.05) is 0 Å². The lowest BCUT2D eigenvalue weighted by atomic mass is 10.2. The van der Waals surface area contributed by atoms with Crippen LogP contribution in [0.15, 0.2) is 6.07 Å². The molecule has 2 heterocycles. The Morgan fingerprint density at radius 2 is 2.42 bits per heavy atom. The fourth-order valence-electron chi connectivity index (χ4n) is 2.12. The number of nitrogens with one attached hydrogen (secondary N) is 1. The number of aryl methyl sites for hydroxylation is 1. The fraction of sp³-hybridized carbons (Fsp3) is 0.667. The summed E-state index contributed by atoms with van der Waals surface area (Å²) >= 11 is 0. The molecule has 1 amide bonds. The summed E-state index contributed by atoms with van der Waals surface area (Å²) < 4.78 is 6.81. The molecule has 1 aromatic heterocycles. The quantitative estimate of drug-likeness (QED) is 0.690. The third-order valence-corrected chi connectivity index (χ3v) is 3.24. The van der Waals surface area contributed by atoms with Crippen molar-refractivity contribution in [2.45, 2.75) is 25.6 Å². The van der Waals surface area contributed by atoms with Gasteiger partial charge in [-0.3, -0.25) is 9.69 Å². The predicted molar refractivity (Wildman–Crippen MR) is 71.8 cm³/mol. The summed E-state index contributed by atoms with van der Waals surface area (Å²) in [5.74, 6) is 0.749. The van der Waals surface area contributed by atoms with Crippen LogP contribution in [0.25, 0.3) is 0 Å². The van der Waals surface area contributed by atoms with Gasteiger partial charge in [0.2, 0.25) is 5.91 Å². The Labute approximate surface area is 112 Å². The SMILES string of the molecule is COCCNCc1cc2n(n1)CCC(N)C(=O)N2C. The maximum Gasteiger partial charge on any atom is 0.244 e. The van der Waals surface area contributed by atoms with E-state index in [1.807, 2.05) is 10.7 Å². The van der Waals surface area contributed by atoms with Gasteiger partial charge in [-0.15, -0.1) is 0 Å². The molecular weight excluding hydrogens is 246 g/mol. The number of hydrogen-bond acceptors (Lipinski definition) is 5. The second-order valence-corrected chi connectivity index (χ2v) is 4.68. The number of methoxy groups -OCH3 is 1. The van der Waals surface area contributed by atoms with Crippen molar-refractivity contribution in [3.8, 4) is 0 Å². The maximum atomic E-state index is 11.9. The lowest BCUT2D eigenvalue weighted by Crippen LogP contribution is -2.40. The molecule has 7 heteroatoms. The Balaban J connectivity index is 2.04. The van der Waals surface area contributed by atoms with E-state index in [1.54, 1.807) is 19.1 Å². The molecule has 3 N–H and O–H groups in total. The van der Waals surface area contributed by atoms with Crippen LogP contribution in [0, 0.1) is 0 Å². The van der Waals surface area contributed by atoms with Gasteiger partial charge in [0, 0.05) is 39.9 Å². The molecule has 19 heavy (non-hydrogen) atoms. The number of nitrogens with two attached hydrogens (primary N) is 1. The molecule has 0 bridgehead atoms. The van der Waals surface area contributed by atoms with Crippen molar-refractivity contribution in [3.05, 3.63) is 11.8 Å². The molecule has 106 valence electrons. The highest BCUT2D eigenvalue weighted by Crippen LogP contribution is 2.20. The molecule has 0 aliphatic carbocycles. The summed E-state index contributed by atoms with van der Waals surface area (Å²) in [6.45, 7) is 2.78. The first-order valence-corrected chi connectivity index (χ1v) is 6.43. The molecule has 1 aliphatic rings. The molecule has 1 unspecified atom stereocenters. The van der Waals surface area contributed by atoms with Crippen molar-refractivity contribution in [2.75, 3.05) is 32.2 Å². The first-order valence-electron chi connectivity index (χ1n) is 6.43. The first-order chi connectivity index (χ1) is 9.13. The molecule has 1 aromatic rings. The van der Waals surface area contributed by atoms with Gasteiger partial charge >= 0.3 is 0 Å². The van der Waals surface area contributed by atoms with E-state index in [0.717, 1.165) is 18.1 Å². The lowest BCUT2D eigenvalue weighted by molar-refractivity contribution is -0.119. The van der Waals surface area contributed by atoms with Crippen molar-refractivity contribution < 1.29 is 9.53 Å². The highest BCUT2D eigenvalue weighted by Gasteiger charge is 2.26. The summed E-state index contributed by atoms with van der Waals surface area (Å²) in [7, 11) is 3.41. The van der Waals surface area contributed by atoms with Gasteiger partial charge in [0.25, 0.3) is 0 Å². The van der Waals surface area contributed by atoms with Gasteiger partial charge in [-0.2, -0.15) is 5.10 Å². The molecular formula is C12H21N5O2. The largest absolute Gasteiger partial charge is 0.383 e. The minimum atomic E-state index is -0.435. The van der Waals surface area contributed by atoms with Crippen LogP contribution in [0.4, 0.5) is 5.82 Å². The topological polar surface area (TPSA) is 85.4 Å². The van der Waals surface area contributed by atoms with E-state index in [4.69, 9.17) is 10.5 Å². The second kappa shape index (κ2) is 6.14. The number of hydrogen-bond donors (Lipinski definition) is 2. The van der Waals surface area contributed by atoms with Crippen LogP contribution in [0.1, 0.15) is 12.1 Å².